The normalized spacial score (nSPS) is 12.8. The van der Waals surface area contributed by atoms with Crippen LogP contribution in [0, 0.1) is 35.5 Å². The van der Waals surface area contributed by atoms with Gasteiger partial charge in [0.05, 0.1) is 0 Å². The van der Waals surface area contributed by atoms with Crippen LogP contribution in [0.3, 0.4) is 0 Å². The molecule has 0 saturated carbocycles. The number of hydrogen-bond donors (Lipinski definition) is 2. The molecule has 0 unspecified atom stereocenters. The van der Waals surface area contributed by atoms with Crippen LogP contribution in [0.2, 0.25) is 0 Å². The lowest BCUT2D eigenvalue weighted by atomic mass is 9.68. The average Bonchev–Trinajstić information content (AvgIpc) is 2.80. The Morgan fingerprint density at radius 1 is 0.439 bits per heavy atom. The minimum atomic E-state index is -0.287. The molecule has 0 spiro atoms. The molecular weight excluding hydrogens is 500 g/mol. The van der Waals surface area contributed by atoms with Crippen molar-refractivity contribution in [2.24, 2.45) is 35.5 Å². The zero-order valence-corrected chi connectivity index (χ0v) is 29.3. The molecule has 0 saturated heterocycles. The summed E-state index contributed by atoms with van der Waals surface area (Å²) in [7, 11) is 0. The highest BCUT2D eigenvalue weighted by molar-refractivity contribution is 5.59. The average molecular weight is 565 g/mol. The first-order valence-corrected chi connectivity index (χ1v) is 16.6. The van der Waals surface area contributed by atoms with Crippen molar-refractivity contribution in [1.82, 2.24) is 0 Å². The van der Waals surface area contributed by atoms with Gasteiger partial charge in [-0.1, -0.05) is 109 Å². The molecule has 0 heterocycles. The molecule has 0 bridgehead atoms. The second-order valence-electron chi connectivity index (χ2n) is 16.0. The molecule has 2 aromatic rings. The van der Waals surface area contributed by atoms with Crippen LogP contribution in [0.5, 0.6) is 11.5 Å². The highest BCUT2D eigenvalue weighted by Crippen LogP contribution is 2.46. The van der Waals surface area contributed by atoms with Crippen LogP contribution in [-0.4, -0.2) is 10.2 Å². The fourth-order valence-electron chi connectivity index (χ4n) is 6.65. The Bertz CT molecular complexity index is 1060. The molecule has 41 heavy (non-hydrogen) atoms. The van der Waals surface area contributed by atoms with Gasteiger partial charge in [-0.3, -0.25) is 0 Å². The fourth-order valence-corrected chi connectivity index (χ4v) is 6.65. The van der Waals surface area contributed by atoms with Gasteiger partial charge in [0, 0.05) is 5.41 Å². The van der Waals surface area contributed by atoms with Gasteiger partial charge in [-0.15, -0.1) is 0 Å². The smallest absolute Gasteiger partial charge is 0.122 e. The zero-order valence-electron chi connectivity index (χ0n) is 29.3. The summed E-state index contributed by atoms with van der Waals surface area (Å²) in [6.45, 7) is 32.0. The predicted octanol–water partition coefficient (Wildman–Crippen LogP) is 10.6. The summed E-state index contributed by atoms with van der Waals surface area (Å²) in [5.41, 5.74) is 9.58. The topological polar surface area (TPSA) is 40.5 Å². The van der Waals surface area contributed by atoms with E-state index in [1.165, 1.54) is 22.3 Å². The minimum Gasteiger partial charge on any atom is -0.507 e. The van der Waals surface area contributed by atoms with Crippen molar-refractivity contribution in [3.8, 4) is 11.5 Å². The first-order chi connectivity index (χ1) is 18.9. The van der Waals surface area contributed by atoms with Crippen LogP contribution < -0.4 is 0 Å². The lowest BCUT2D eigenvalue weighted by Crippen LogP contribution is -2.27. The molecule has 0 atom stereocenters. The maximum absolute atomic E-state index is 11.7. The van der Waals surface area contributed by atoms with E-state index in [-0.39, 0.29) is 5.41 Å². The molecule has 2 aromatic carbocycles. The van der Waals surface area contributed by atoms with Gasteiger partial charge in [-0.25, -0.2) is 0 Å². The Hall–Kier alpha value is -1.96. The maximum Gasteiger partial charge on any atom is 0.122 e. The van der Waals surface area contributed by atoms with E-state index in [0.29, 0.717) is 47.0 Å². The quantitative estimate of drug-likeness (QED) is 0.239. The molecule has 0 aliphatic rings. The lowest BCUT2D eigenvalue weighted by molar-refractivity contribution is 0.442. The second kappa shape index (κ2) is 14.5. The molecule has 0 aromatic heterocycles. The maximum atomic E-state index is 11.7. The summed E-state index contributed by atoms with van der Waals surface area (Å²) in [6.07, 6.45) is 5.40. The molecule has 0 fully saturated rings. The monoisotopic (exact) mass is 564 g/mol. The van der Waals surface area contributed by atoms with Crippen LogP contribution in [0.25, 0.3) is 0 Å². The molecular formula is C39H64O2. The first kappa shape index (κ1) is 35.2. The van der Waals surface area contributed by atoms with Gasteiger partial charge in [0.15, 0.2) is 0 Å². The SMILES string of the molecule is CC(C)Cc1cc(C(C)(C)c2cc(CC(C)C)c(O)c(CC(C)C)c2CC(C)C)c(CC(C)C)c(CC(C)C)c1O. The summed E-state index contributed by atoms with van der Waals surface area (Å²) in [5, 5.41) is 23.4. The molecule has 232 valence electrons. The van der Waals surface area contributed by atoms with Crippen LogP contribution in [0.15, 0.2) is 12.1 Å². The summed E-state index contributed by atoms with van der Waals surface area (Å²) in [4.78, 5) is 0. The number of benzene rings is 2. The van der Waals surface area contributed by atoms with Crippen molar-refractivity contribution in [3.63, 3.8) is 0 Å². The largest absolute Gasteiger partial charge is 0.507 e. The number of phenolic OH excluding ortho intramolecular Hbond substituents is 2. The highest BCUT2D eigenvalue weighted by atomic mass is 16.3. The molecule has 2 nitrogen and oxygen atoms in total. The third-order valence-electron chi connectivity index (χ3n) is 8.25. The van der Waals surface area contributed by atoms with E-state index in [1.54, 1.807) is 0 Å². The molecule has 0 radical (unpaired) electrons. The lowest BCUT2D eigenvalue weighted by Gasteiger charge is -2.36. The van der Waals surface area contributed by atoms with E-state index in [9.17, 15) is 10.2 Å². The number of rotatable bonds is 14. The van der Waals surface area contributed by atoms with Crippen molar-refractivity contribution in [2.45, 2.75) is 141 Å². The van der Waals surface area contributed by atoms with Crippen LogP contribution >= 0.6 is 0 Å². The third kappa shape index (κ3) is 9.01. The Balaban J connectivity index is 3.11. The fraction of sp³-hybridized carbons (Fsp3) is 0.692. The molecule has 0 aliphatic heterocycles. The van der Waals surface area contributed by atoms with Gasteiger partial charge in [-0.05, 0) is 119 Å². The minimum absolute atomic E-state index is 0.287. The van der Waals surface area contributed by atoms with E-state index in [1.807, 2.05) is 0 Å². The van der Waals surface area contributed by atoms with Crippen molar-refractivity contribution in [1.29, 1.82) is 0 Å². The van der Waals surface area contributed by atoms with Gasteiger partial charge in [-0.2, -0.15) is 0 Å². The second-order valence-corrected chi connectivity index (χ2v) is 16.0. The van der Waals surface area contributed by atoms with Gasteiger partial charge in [0.2, 0.25) is 0 Å². The molecule has 2 N–H and O–H groups in total. The van der Waals surface area contributed by atoms with Crippen LogP contribution in [0.4, 0.5) is 0 Å². The Morgan fingerprint density at radius 2 is 0.683 bits per heavy atom. The number of hydrogen-bond acceptors (Lipinski definition) is 2. The summed E-state index contributed by atoms with van der Waals surface area (Å²) in [6, 6.07) is 4.71. The van der Waals surface area contributed by atoms with E-state index in [0.717, 1.165) is 60.8 Å². The zero-order chi connectivity index (χ0) is 31.4. The van der Waals surface area contributed by atoms with Gasteiger partial charge < -0.3 is 10.2 Å². The predicted molar refractivity (Wildman–Crippen MR) is 180 cm³/mol. The number of phenols is 2. The molecule has 0 aliphatic carbocycles. The molecule has 2 heteroatoms. The van der Waals surface area contributed by atoms with E-state index in [4.69, 9.17) is 0 Å². The van der Waals surface area contributed by atoms with Crippen molar-refractivity contribution >= 4 is 0 Å². The van der Waals surface area contributed by atoms with Gasteiger partial charge in [0.25, 0.3) is 0 Å². The van der Waals surface area contributed by atoms with Crippen molar-refractivity contribution in [3.05, 3.63) is 56.6 Å². The Kier molecular flexibility index (Phi) is 12.4. The summed E-state index contributed by atoms with van der Waals surface area (Å²) >= 11 is 0. The number of aromatic hydroxyl groups is 2. The van der Waals surface area contributed by atoms with Gasteiger partial charge in [0.1, 0.15) is 11.5 Å². The Morgan fingerprint density at radius 3 is 0.927 bits per heavy atom. The van der Waals surface area contributed by atoms with E-state index in [2.05, 4.69) is 109 Å². The summed E-state index contributed by atoms with van der Waals surface area (Å²) in [5.74, 6) is 3.84. The Labute approximate surface area is 254 Å². The third-order valence-corrected chi connectivity index (χ3v) is 8.25. The first-order valence-electron chi connectivity index (χ1n) is 16.6. The molecule has 0 amide bonds. The van der Waals surface area contributed by atoms with Crippen molar-refractivity contribution in [2.75, 3.05) is 0 Å². The molecule has 2 rings (SSSR count). The van der Waals surface area contributed by atoms with E-state index < -0.39 is 0 Å². The highest BCUT2D eigenvalue weighted by Gasteiger charge is 2.34. The standard InChI is InChI=1S/C39H64O2/c1-23(2)15-29-21-35(31(17-25(5)6)33(37(29)40)19-27(9)10)39(13,14)36-22-30(16-24(3)4)38(41)34(20-28(11)12)32(36)18-26(7)8/h21-28,40-41H,15-20H2,1-14H3. The van der Waals surface area contributed by atoms with Crippen molar-refractivity contribution < 1.29 is 10.2 Å². The van der Waals surface area contributed by atoms with Gasteiger partial charge >= 0.3 is 0 Å². The summed E-state index contributed by atoms with van der Waals surface area (Å²) < 4.78 is 0. The van der Waals surface area contributed by atoms with E-state index >= 15 is 0 Å². The van der Waals surface area contributed by atoms with Crippen LogP contribution in [-0.2, 0) is 43.9 Å². The van der Waals surface area contributed by atoms with Crippen LogP contribution in [0.1, 0.15) is 141 Å².